The zero-order valence-electron chi connectivity index (χ0n) is 12.5. The summed E-state index contributed by atoms with van der Waals surface area (Å²) in [4.78, 5) is 4.53. The van der Waals surface area contributed by atoms with E-state index >= 15 is 0 Å². The molecule has 3 atom stereocenters. The Hall–Kier alpha value is -0.940. The number of nitrogens with one attached hydrogen (secondary N) is 1. The summed E-state index contributed by atoms with van der Waals surface area (Å²) < 4.78 is 23.9. The SMILES string of the molecule is CCNC(C1CCCc2cccnc21)C(C)S(C)(=O)=O. The fourth-order valence-electron chi connectivity index (χ4n) is 3.13. The van der Waals surface area contributed by atoms with Crippen LogP contribution in [0.15, 0.2) is 18.3 Å². The number of sulfone groups is 1. The van der Waals surface area contributed by atoms with E-state index < -0.39 is 15.1 Å². The first-order chi connectivity index (χ1) is 9.45. The van der Waals surface area contributed by atoms with Crippen molar-refractivity contribution in [3.05, 3.63) is 29.6 Å². The molecule has 112 valence electrons. The third-order valence-electron chi connectivity index (χ3n) is 4.29. The van der Waals surface area contributed by atoms with Crippen molar-refractivity contribution in [3.8, 4) is 0 Å². The average Bonchev–Trinajstić information content (AvgIpc) is 2.42. The number of aryl methyl sites for hydroxylation is 1. The number of hydrogen-bond acceptors (Lipinski definition) is 4. The van der Waals surface area contributed by atoms with Crippen molar-refractivity contribution in [3.63, 3.8) is 0 Å². The topological polar surface area (TPSA) is 59.1 Å². The van der Waals surface area contributed by atoms with E-state index in [2.05, 4.69) is 16.4 Å². The maximum atomic E-state index is 11.9. The predicted molar refractivity (Wildman–Crippen MR) is 81.7 cm³/mol. The summed E-state index contributed by atoms with van der Waals surface area (Å²) in [6, 6.07) is 4.01. The fourth-order valence-corrected chi connectivity index (χ4v) is 3.95. The summed E-state index contributed by atoms with van der Waals surface area (Å²) in [5, 5.41) is 2.98. The van der Waals surface area contributed by atoms with E-state index in [0.717, 1.165) is 31.5 Å². The van der Waals surface area contributed by atoms with Crippen LogP contribution >= 0.6 is 0 Å². The van der Waals surface area contributed by atoms with Gasteiger partial charge in [-0.25, -0.2) is 8.42 Å². The van der Waals surface area contributed by atoms with Gasteiger partial charge < -0.3 is 5.32 Å². The van der Waals surface area contributed by atoms with Gasteiger partial charge in [-0.1, -0.05) is 13.0 Å². The number of fused-ring (bicyclic) bond motifs is 1. The number of nitrogens with zero attached hydrogens (tertiary/aromatic N) is 1. The van der Waals surface area contributed by atoms with Crippen LogP contribution in [0.3, 0.4) is 0 Å². The molecule has 0 spiro atoms. The van der Waals surface area contributed by atoms with Gasteiger partial charge in [0, 0.05) is 30.1 Å². The highest BCUT2D eigenvalue weighted by atomic mass is 32.2. The van der Waals surface area contributed by atoms with Crippen molar-refractivity contribution < 1.29 is 8.42 Å². The summed E-state index contributed by atoms with van der Waals surface area (Å²) in [6.45, 7) is 4.59. The summed E-state index contributed by atoms with van der Waals surface area (Å²) in [7, 11) is -3.07. The van der Waals surface area contributed by atoms with Gasteiger partial charge in [-0.05, 0) is 44.4 Å². The zero-order valence-corrected chi connectivity index (χ0v) is 13.3. The van der Waals surface area contributed by atoms with E-state index in [4.69, 9.17) is 0 Å². The second-order valence-corrected chi connectivity index (χ2v) is 8.07. The highest BCUT2D eigenvalue weighted by Crippen LogP contribution is 2.34. The predicted octanol–water partition coefficient (Wildman–Crippen LogP) is 1.91. The van der Waals surface area contributed by atoms with Gasteiger partial charge in [-0.15, -0.1) is 0 Å². The van der Waals surface area contributed by atoms with E-state index in [-0.39, 0.29) is 12.0 Å². The van der Waals surface area contributed by atoms with Crippen LogP contribution in [-0.4, -0.2) is 37.5 Å². The van der Waals surface area contributed by atoms with Crippen LogP contribution in [0.25, 0.3) is 0 Å². The number of hydrogen-bond donors (Lipinski definition) is 1. The molecular formula is C15H24N2O2S. The normalized spacial score (nSPS) is 22.1. The summed E-state index contributed by atoms with van der Waals surface area (Å²) in [5.74, 6) is 0.185. The molecule has 0 radical (unpaired) electrons. The molecule has 20 heavy (non-hydrogen) atoms. The Balaban J connectivity index is 2.36. The monoisotopic (exact) mass is 296 g/mol. The van der Waals surface area contributed by atoms with Crippen LogP contribution in [0.5, 0.6) is 0 Å². The molecular weight excluding hydrogens is 272 g/mol. The molecule has 0 fully saturated rings. The zero-order chi connectivity index (χ0) is 14.8. The van der Waals surface area contributed by atoms with Crippen LogP contribution in [0.1, 0.15) is 43.9 Å². The van der Waals surface area contributed by atoms with Crippen molar-refractivity contribution in [1.82, 2.24) is 10.3 Å². The van der Waals surface area contributed by atoms with Gasteiger partial charge in [0.15, 0.2) is 9.84 Å². The Labute approximate surface area is 121 Å². The smallest absolute Gasteiger partial charge is 0.151 e. The summed E-state index contributed by atoms with van der Waals surface area (Å²) in [6.07, 6.45) is 6.28. The fraction of sp³-hybridized carbons (Fsp3) is 0.667. The van der Waals surface area contributed by atoms with E-state index in [1.165, 1.54) is 11.8 Å². The van der Waals surface area contributed by atoms with Gasteiger partial charge in [0.25, 0.3) is 0 Å². The first kappa shape index (κ1) is 15.4. The van der Waals surface area contributed by atoms with Crippen LogP contribution in [-0.2, 0) is 16.3 Å². The summed E-state index contributed by atoms with van der Waals surface area (Å²) >= 11 is 0. The molecule has 0 bridgehead atoms. The molecule has 0 aliphatic heterocycles. The van der Waals surface area contributed by atoms with Crippen molar-refractivity contribution >= 4 is 9.84 Å². The quantitative estimate of drug-likeness (QED) is 0.902. The Kier molecular flexibility index (Phi) is 4.81. The maximum Gasteiger partial charge on any atom is 0.151 e. The first-order valence-electron chi connectivity index (χ1n) is 7.31. The number of pyridine rings is 1. The van der Waals surface area contributed by atoms with Gasteiger partial charge in [0.2, 0.25) is 0 Å². The van der Waals surface area contributed by atoms with Crippen molar-refractivity contribution in [1.29, 1.82) is 0 Å². The van der Waals surface area contributed by atoms with Gasteiger partial charge in [-0.3, -0.25) is 4.98 Å². The van der Waals surface area contributed by atoms with Crippen LogP contribution in [0.2, 0.25) is 0 Å². The molecule has 1 aromatic rings. The lowest BCUT2D eigenvalue weighted by atomic mass is 9.81. The second-order valence-electron chi connectivity index (χ2n) is 5.66. The minimum absolute atomic E-state index is 0.0658. The lowest BCUT2D eigenvalue weighted by Crippen LogP contribution is -2.47. The molecule has 4 nitrogen and oxygen atoms in total. The van der Waals surface area contributed by atoms with Crippen LogP contribution in [0.4, 0.5) is 0 Å². The molecule has 0 saturated carbocycles. The molecule has 0 saturated heterocycles. The number of rotatable bonds is 5. The molecule has 2 rings (SSSR count). The molecule has 1 aliphatic carbocycles. The molecule has 0 amide bonds. The molecule has 5 heteroatoms. The van der Waals surface area contributed by atoms with Gasteiger partial charge in [-0.2, -0.15) is 0 Å². The standard InChI is InChI=1S/C15H24N2O2S/c1-4-16-14(11(2)20(3,18)19)13-9-5-7-12-8-6-10-17-15(12)13/h6,8,10-11,13-14,16H,4-5,7,9H2,1-3H3. The maximum absolute atomic E-state index is 11.9. The molecule has 3 unspecified atom stereocenters. The van der Waals surface area contributed by atoms with Gasteiger partial charge in [0.05, 0.1) is 5.25 Å². The minimum Gasteiger partial charge on any atom is -0.312 e. The number of likely N-dealkylation sites (N-methyl/N-ethyl adjacent to an activating group) is 1. The van der Waals surface area contributed by atoms with E-state index in [9.17, 15) is 8.42 Å². The Bertz CT molecular complexity index is 557. The van der Waals surface area contributed by atoms with Crippen LogP contribution < -0.4 is 5.32 Å². The van der Waals surface area contributed by atoms with Gasteiger partial charge in [0.1, 0.15) is 0 Å². The largest absolute Gasteiger partial charge is 0.312 e. The van der Waals surface area contributed by atoms with E-state index in [0.29, 0.717) is 0 Å². The Morgan fingerprint density at radius 2 is 2.25 bits per heavy atom. The molecule has 1 heterocycles. The lowest BCUT2D eigenvalue weighted by Gasteiger charge is -2.34. The van der Waals surface area contributed by atoms with Crippen LogP contribution in [0, 0.1) is 0 Å². The molecule has 1 N–H and O–H groups in total. The van der Waals surface area contributed by atoms with Crippen molar-refractivity contribution in [2.75, 3.05) is 12.8 Å². The summed E-state index contributed by atoms with van der Waals surface area (Å²) in [5.41, 5.74) is 2.35. The number of aromatic nitrogens is 1. The average molecular weight is 296 g/mol. The minimum atomic E-state index is -3.07. The Morgan fingerprint density at radius 1 is 1.50 bits per heavy atom. The Morgan fingerprint density at radius 3 is 2.90 bits per heavy atom. The first-order valence-corrected chi connectivity index (χ1v) is 9.26. The second kappa shape index (κ2) is 6.22. The molecule has 1 aromatic heterocycles. The van der Waals surface area contributed by atoms with E-state index in [1.54, 1.807) is 6.92 Å². The third kappa shape index (κ3) is 3.20. The van der Waals surface area contributed by atoms with Crippen molar-refractivity contribution in [2.24, 2.45) is 0 Å². The van der Waals surface area contributed by atoms with E-state index in [1.807, 2.05) is 19.2 Å². The highest BCUT2D eigenvalue weighted by molar-refractivity contribution is 7.91. The third-order valence-corrected chi connectivity index (χ3v) is 5.94. The lowest BCUT2D eigenvalue weighted by molar-refractivity contribution is 0.380. The van der Waals surface area contributed by atoms with Crippen molar-refractivity contribution in [2.45, 2.75) is 50.3 Å². The highest BCUT2D eigenvalue weighted by Gasteiger charge is 2.35. The molecule has 1 aliphatic rings. The van der Waals surface area contributed by atoms with Gasteiger partial charge >= 0.3 is 0 Å². The molecule has 0 aromatic carbocycles.